The van der Waals surface area contributed by atoms with E-state index in [1.54, 1.807) is 18.3 Å². The van der Waals surface area contributed by atoms with Crippen LogP contribution in [0.4, 0.5) is 13.2 Å². The van der Waals surface area contributed by atoms with Gasteiger partial charge in [0.15, 0.2) is 0 Å². The maximum absolute atomic E-state index is 12.9. The number of alkyl halides is 3. The Hall–Kier alpha value is -3.38. The minimum Gasteiger partial charge on any atom is -0.343 e. The molecule has 0 aliphatic rings. The number of benzene rings is 1. The summed E-state index contributed by atoms with van der Waals surface area (Å²) in [5.74, 6) is 0.240. The van der Waals surface area contributed by atoms with E-state index in [0.717, 1.165) is 38.6 Å². The van der Waals surface area contributed by atoms with Crippen molar-refractivity contribution in [2.24, 2.45) is 0 Å². The molecule has 35 heavy (non-hydrogen) atoms. The summed E-state index contributed by atoms with van der Waals surface area (Å²) in [6, 6.07) is 22.7. The summed E-state index contributed by atoms with van der Waals surface area (Å²) in [5.41, 5.74) is 2.06. The molecular formula is C26H18F3N5Pt. The summed E-state index contributed by atoms with van der Waals surface area (Å²) < 4.78 is 39.8. The van der Waals surface area contributed by atoms with Gasteiger partial charge in [0.2, 0.25) is 0 Å². The molecule has 0 amide bonds. The zero-order chi connectivity index (χ0) is 23.9. The van der Waals surface area contributed by atoms with Crippen LogP contribution in [0, 0.1) is 12.3 Å². The monoisotopic (exact) mass is 652 g/mol. The summed E-state index contributed by atoms with van der Waals surface area (Å²) >= 11 is 0. The van der Waals surface area contributed by atoms with E-state index in [-0.39, 0.29) is 26.9 Å². The first-order valence-corrected chi connectivity index (χ1v) is 10.5. The molecule has 0 aliphatic carbocycles. The predicted molar refractivity (Wildman–Crippen MR) is 121 cm³/mol. The van der Waals surface area contributed by atoms with Crippen LogP contribution in [0.15, 0.2) is 72.9 Å². The maximum Gasteiger partial charge on any atom is 2.00 e. The summed E-state index contributed by atoms with van der Waals surface area (Å²) in [6.07, 6.45) is -0.313. The van der Waals surface area contributed by atoms with E-state index < -0.39 is 17.3 Å². The number of aromatic nitrogens is 5. The van der Waals surface area contributed by atoms with Crippen molar-refractivity contribution in [2.75, 3.05) is 0 Å². The Morgan fingerprint density at radius 3 is 2.29 bits per heavy atom. The molecule has 5 rings (SSSR count). The van der Waals surface area contributed by atoms with Gasteiger partial charge in [-0.15, -0.1) is 18.2 Å². The van der Waals surface area contributed by atoms with Crippen molar-refractivity contribution in [3.63, 3.8) is 0 Å². The van der Waals surface area contributed by atoms with E-state index in [2.05, 4.69) is 27.3 Å². The molecule has 5 aromatic rings. The van der Waals surface area contributed by atoms with E-state index in [1.165, 1.54) is 0 Å². The molecule has 0 bridgehead atoms. The standard InChI is InChI=1S/C26H18F3N5.Pt/c1-25(2,22-11-6-12-24(32-22)34-14-13-23(33-34)26(27,28)29)21-10-5-9-20(31-21)18-15-17-7-3-4-8-19(17)30-16-18;/h3-13,16H,1-2H3;/q-2;+2. The molecule has 0 atom stereocenters. The smallest absolute Gasteiger partial charge is 0.343 e. The van der Waals surface area contributed by atoms with Crippen LogP contribution in [0.5, 0.6) is 0 Å². The van der Waals surface area contributed by atoms with E-state index in [9.17, 15) is 13.2 Å². The number of para-hydroxylation sites is 1. The second-order valence-electron chi connectivity index (χ2n) is 8.30. The average molecular weight is 653 g/mol. The van der Waals surface area contributed by atoms with Gasteiger partial charge in [-0.25, -0.2) is 0 Å². The fourth-order valence-electron chi connectivity index (χ4n) is 3.63. The number of fused-ring (bicyclic) bond motifs is 1. The predicted octanol–water partition coefficient (Wildman–Crippen LogP) is 5.82. The first kappa shape index (κ1) is 24.7. The van der Waals surface area contributed by atoms with Gasteiger partial charge >= 0.3 is 27.2 Å². The van der Waals surface area contributed by atoms with Crippen molar-refractivity contribution in [3.05, 3.63) is 102 Å². The van der Waals surface area contributed by atoms with Crippen molar-refractivity contribution < 1.29 is 34.2 Å². The normalized spacial score (nSPS) is 11.9. The Balaban J connectivity index is 0.00000289. The number of pyridine rings is 3. The van der Waals surface area contributed by atoms with E-state index >= 15 is 0 Å². The Kier molecular flexibility index (Phi) is 6.60. The zero-order valence-corrected chi connectivity index (χ0v) is 20.9. The van der Waals surface area contributed by atoms with Crippen LogP contribution in [-0.4, -0.2) is 24.7 Å². The Bertz CT molecular complexity index is 1490. The molecular weight excluding hydrogens is 634 g/mol. The van der Waals surface area contributed by atoms with Crippen molar-refractivity contribution in [3.8, 4) is 17.1 Å². The van der Waals surface area contributed by atoms with Gasteiger partial charge in [-0.1, -0.05) is 59.6 Å². The van der Waals surface area contributed by atoms with Gasteiger partial charge in [-0.3, -0.25) is 15.1 Å². The second kappa shape index (κ2) is 9.34. The molecule has 4 heterocycles. The molecule has 0 saturated heterocycles. The van der Waals surface area contributed by atoms with Crippen LogP contribution in [0.3, 0.4) is 0 Å². The Labute approximate surface area is 214 Å². The van der Waals surface area contributed by atoms with Crippen molar-refractivity contribution in [2.45, 2.75) is 25.4 Å². The summed E-state index contributed by atoms with van der Waals surface area (Å²) in [4.78, 5) is 13.9. The van der Waals surface area contributed by atoms with Crippen LogP contribution >= 0.6 is 0 Å². The molecule has 0 fully saturated rings. The summed E-state index contributed by atoms with van der Waals surface area (Å²) in [7, 11) is 0. The van der Waals surface area contributed by atoms with Crippen LogP contribution in [0.2, 0.25) is 0 Å². The van der Waals surface area contributed by atoms with Gasteiger partial charge in [0.1, 0.15) is 0 Å². The third-order valence-electron chi connectivity index (χ3n) is 5.58. The number of hydrogen-bond donors (Lipinski definition) is 0. The molecule has 0 aliphatic heterocycles. The third kappa shape index (κ3) is 4.89. The van der Waals surface area contributed by atoms with Gasteiger partial charge < -0.3 is 9.67 Å². The molecule has 9 heteroatoms. The van der Waals surface area contributed by atoms with Crippen molar-refractivity contribution in [1.29, 1.82) is 0 Å². The molecule has 1 aromatic carbocycles. The molecule has 178 valence electrons. The molecule has 0 spiro atoms. The van der Waals surface area contributed by atoms with Crippen LogP contribution < -0.4 is 0 Å². The van der Waals surface area contributed by atoms with Crippen LogP contribution in [0.25, 0.3) is 28.0 Å². The van der Waals surface area contributed by atoms with Crippen LogP contribution in [0.1, 0.15) is 30.9 Å². The fraction of sp³-hybridized carbons (Fsp3) is 0.154. The van der Waals surface area contributed by atoms with Crippen molar-refractivity contribution in [1.82, 2.24) is 24.7 Å². The topological polar surface area (TPSA) is 56.5 Å². The van der Waals surface area contributed by atoms with Gasteiger partial charge in [-0.05, 0) is 37.7 Å². The van der Waals surface area contributed by atoms with Crippen LogP contribution in [-0.2, 0) is 32.7 Å². The molecule has 0 N–H and O–H groups in total. The number of rotatable bonds is 4. The molecule has 0 unspecified atom stereocenters. The maximum atomic E-state index is 12.9. The average Bonchev–Trinajstić information content (AvgIpc) is 3.35. The molecule has 5 nitrogen and oxygen atoms in total. The SMILES string of the molecule is CC(C)(c1cccc(-c2[c-]c3ccccc3nc2)n1)c1cccc(-n2[c-]cc(C(F)(F)F)n2)n1.[Pt+2]. The van der Waals surface area contributed by atoms with Gasteiger partial charge in [0.05, 0.1) is 11.5 Å². The van der Waals surface area contributed by atoms with Gasteiger partial charge in [-0.2, -0.15) is 13.2 Å². The zero-order valence-electron chi connectivity index (χ0n) is 18.6. The Morgan fingerprint density at radius 1 is 0.829 bits per heavy atom. The van der Waals surface area contributed by atoms with Gasteiger partial charge in [0.25, 0.3) is 0 Å². The summed E-state index contributed by atoms with van der Waals surface area (Å²) in [5, 5.41) is 4.47. The van der Waals surface area contributed by atoms with E-state index in [0.29, 0.717) is 5.69 Å². The van der Waals surface area contributed by atoms with E-state index in [1.807, 2.05) is 62.4 Å². The Morgan fingerprint density at radius 2 is 1.54 bits per heavy atom. The first-order chi connectivity index (χ1) is 16.2. The first-order valence-electron chi connectivity index (χ1n) is 10.5. The fourth-order valence-corrected chi connectivity index (χ4v) is 3.63. The van der Waals surface area contributed by atoms with E-state index in [4.69, 9.17) is 4.98 Å². The third-order valence-corrected chi connectivity index (χ3v) is 5.58. The number of hydrogen-bond acceptors (Lipinski definition) is 4. The second-order valence-corrected chi connectivity index (χ2v) is 8.30. The van der Waals surface area contributed by atoms with Gasteiger partial charge in [0, 0.05) is 22.5 Å². The number of halogens is 3. The molecule has 0 saturated carbocycles. The molecule has 4 aromatic heterocycles. The minimum absolute atomic E-state index is 0. The summed E-state index contributed by atoms with van der Waals surface area (Å²) in [6.45, 7) is 3.92. The largest absolute Gasteiger partial charge is 2.00 e. The molecule has 0 radical (unpaired) electrons. The number of nitrogens with zero attached hydrogens (tertiary/aromatic N) is 5. The quantitative estimate of drug-likeness (QED) is 0.230. The minimum atomic E-state index is -4.54. The van der Waals surface area contributed by atoms with Crippen molar-refractivity contribution >= 4 is 10.9 Å².